The molecule has 0 aliphatic carbocycles. The Kier molecular flexibility index (Phi) is 2.25. The minimum absolute atomic E-state index is 0.130. The highest BCUT2D eigenvalue weighted by Gasteiger charge is 2.04. The van der Waals surface area contributed by atoms with Crippen LogP contribution in [0.15, 0.2) is 23.0 Å². The first-order chi connectivity index (χ1) is 6.72. The highest BCUT2D eigenvalue weighted by molar-refractivity contribution is 6.34. The number of nitrogens with zero attached hydrogens (tertiary/aromatic N) is 1. The molecule has 1 N–H and O–H groups in total. The van der Waals surface area contributed by atoms with Gasteiger partial charge < -0.3 is 4.98 Å². The zero-order chi connectivity index (χ0) is 10.1. The third kappa shape index (κ3) is 1.40. The van der Waals surface area contributed by atoms with Crippen molar-refractivity contribution in [3.63, 3.8) is 0 Å². The Balaban J connectivity index is 2.91. The van der Waals surface area contributed by atoms with Crippen LogP contribution >= 0.6 is 11.6 Å². The number of aromatic nitrogens is 2. The van der Waals surface area contributed by atoms with Crippen molar-refractivity contribution in [2.75, 3.05) is 0 Å². The number of aromatic amines is 1. The van der Waals surface area contributed by atoms with Gasteiger partial charge in [0.15, 0.2) is 0 Å². The first kappa shape index (κ1) is 9.21. The van der Waals surface area contributed by atoms with Crippen molar-refractivity contribution in [2.45, 2.75) is 13.3 Å². The molecule has 1 aromatic carbocycles. The largest absolute Gasteiger partial charge is 0.310 e. The van der Waals surface area contributed by atoms with Gasteiger partial charge in [0.1, 0.15) is 5.82 Å². The molecule has 1 aromatic heterocycles. The average Bonchev–Trinajstić information content (AvgIpc) is 2.19. The van der Waals surface area contributed by atoms with E-state index in [4.69, 9.17) is 11.6 Å². The molecule has 72 valence electrons. The second-order valence-corrected chi connectivity index (χ2v) is 3.41. The average molecular weight is 209 g/mol. The summed E-state index contributed by atoms with van der Waals surface area (Å²) >= 11 is 5.94. The van der Waals surface area contributed by atoms with Gasteiger partial charge in [-0.3, -0.25) is 4.79 Å². The molecule has 0 aliphatic rings. The predicted molar refractivity (Wildman–Crippen MR) is 56.8 cm³/mol. The van der Waals surface area contributed by atoms with Gasteiger partial charge >= 0.3 is 0 Å². The molecule has 0 spiro atoms. The lowest BCUT2D eigenvalue weighted by Crippen LogP contribution is -2.11. The molecule has 0 atom stereocenters. The molecule has 0 fully saturated rings. The van der Waals surface area contributed by atoms with E-state index in [1.165, 1.54) is 0 Å². The topological polar surface area (TPSA) is 45.8 Å². The Morgan fingerprint density at radius 3 is 3.00 bits per heavy atom. The van der Waals surface area contributed by atoms with E-state index in [1.54, 1.807) is 18.2 Å². The number of fused-ring (bicyclic) bond motifs is 1. The molecular weight excluding hydrogens is 200 g/mol. The third-order valence-electron chi connectivity index (χ3n) is 2.07. The quantitative estimate of drug-likeness (QED) is 0.781. The number of rotatable bonds is 1. The summed E-state index contributed by atoms with van der Waals surface area (Å²) < 4.78 is 0. The lowest BCUT2D eigenvalue weighted by molar-refractivity contribution is 0.944. The zero-order valence-corrected chi connectivity index (χ0v) is 8.43. The Hall–Kier alpha value is -1.35. The van der Waals surface area contributed by atoms with Crippen molar-refractivity contribution in [1.29, 1.82) is 0 Å². The van der Waals surface area contributed by atoms with Gasteiger partial charge in [0, 0.05) is 6.42 Å². The Morgan fingerprint density at radius 1 is 1.50 bits per heavy atom. The van der Waals surface area contributed by atoms with E-state index in [-0.39, 0.29) is 5.56 Å². The van der Waals surface area contributed by atoms with Gasteiger partial charge in [-0.25, -0.2) is 4.98 Å². The summed E-state index contributed by atoms with van der Waals surface area (Å²) in [5.74, 6) is 0.663. The molecule has 0 aliphatic heterocycles. The van der Waals surface area contributed by atoms with E-state index in [1.807, 2.05) is 6.92 Å². The van der Waals surface area contributed by atoms with E-state index in [9.17, 15) is 4.79 Å². The molecule has 2 aromatic rings. The monoisotopic (exact) mass is 208 g/mol. The molecular formula is C10H9ClN2O. The van der Waals surface area contributed by atoms with Crippen LogP contribution in [0.4, 0.5) is 0 Å². The fourth-order valence-electron chi connectivity index (χ4n) is 1.34. The molecule has 0 saturated carbocycles. The summed E-state index contributed by atoms with van der Waals surface area (Å²) in [6.07, 6.45) is 0.691. The molecule has 14 heavy (non-hydrogen) atoms. The number of benzene rings is 1. The van der Waals surface area contributed by atoms with Crippen LogP contribution in [-0.4, -0.2) is 9.97 Å². The van der Waals surface area contributed by atoms with Crippen molar-refractivity contribution in [3.8, 4) is 0 Å². The number of hydrogen-bond donors (Lipinski definition) is 1. The van der Waals surface area contributed by atoms with Crippen molar-refractivity contribution >= 4 is 22.5 Å². The van der Waals surface area contributed by atoms with Gasteiger partial charge in [-0.1, -0.05) is 24.6 Å². The Labute approximate surface area is 85.7 Å². The van der Waals surface area contributed by atoms with Crippen LogP contribution in [0.3, 0.4) is 0 Å². The van der Waals surface area contributed by atoms with Gasteiger partial charge in [-0.2, -0.15) is 0 Å². The molecule has 0 unspecified atom stereocenters. The van der Waals surface area contributed by atoms with Crippen molar-refractivity contribution in [2.24, 2.45) is 0 Å². The molecule has 0 amide bonds. The minimum atomic E-state index is -0.130. The van der Waals surface area contributed by atoms with E-state index >= 15 is 0 Å². The fourth-order valence-corrected chi connectivity index (χ4v) is 1.56. The van der Waals surface area contributed by atoms with Gasteiger partial charge in [-0.05, 0) is 12.1 Å². The number of hydrogen-bond acceptors (Lipinski definition) is 2. The molecule has 2 rings (SSSR count). The van der Waals surface area contributed by atoms with Crippen LogP contribution in [0.5, 0.6) is 0 Å². The van der Waals surface area contributed by atoms with Crippen molar-refractivity contribution in [3.05, 3.63) is 39.4 Å². The fraction of sp³-hybridized carbons (Fsp3) is 0.200. The highest BCUT2D eigenvalue weighted by Crippen LogP contribution is 2.18. The number of H-pyrrole nitrogens is 1. The second-order valence-electron chi connectivity index (χ2n) is 3.00. The summed E-state index contributed by atoms with van der Waals surface area (Å²) in [4.78, 5) is 18.5. The van der Waals surface area contributed by atoms with Crippen molar-refractivity contribution < 1.29 is 0 Å². The van der Waals surface area contributed by atoms with E-state index in [0.717, 1.165) is 0 Å². The first-order valence-corrected chi connectivity index (χ1v) is 4.77. The lowest BCUT2D eigenvalue weighted by Gasteiger charge is -2.01. The summed E-state index contributed by atoms with van der Waals surface area (Å²) in [7, 11) is 0. The van der Waals surface area contributed by atoms with E-state index in [2.05, 4.69) is 9.97 Å². The maximum atomic E-state index is 11.6. The molecule has 3 nitrogen and oxygen atoms in total. The third-order valence-corrected chi connectivity index (χ3v) is 2.38. The number of para-hydroxylation sites is 1. The van der Waals surface area contributed by atoms with Gasteiger partial charge in [0.05, 0.1) is 15.9 Å². The van der Waals surface area contributed by atoms with Crippen LogP contribution in [0, 0.1) is 0 Å². The maximum absolute atomic E-state index is 11.6. The highest BCUT2D eigenvalue weighted by atomic mass is 35.5. The predicted octanol–water partition coefficient (Wildman–Crippen LogP) is 2.14. The molecule has 0 radical (unpaired) electrons. The van der Waals surface area contributed by atoms with Crippen LogP contribution in [0.2, 0.25) is 5.02 Å². The zero-order valence-electron chi connectivity index (χ0n) is 7.67. The summed E-state index contributed by atoms with van der Waals surface area (Å²) in [6.45, 7) is 1.93. The second kappa shape index (κ2) is 3.42. The van der Waals surface area contributed by atoms with Gasteiger partial charge in [0.2, 0.25) is 0 Å². The molecule has 4 heteroatoms. The van der Waals surface area contributed by atoms with Gasteiger partial charge in [-0.15, -0.1) is 0 Å². The molecule has 1 heterocycles. The smallest absolute Gasteiger partial charge is 0.258 e. The van der Waals surface area contributed by atoms with Crippen molar-refractivity contribution in [1.82, 2.24) is 9.97 Å². The number of halogens is 1. The van der Waals surface area contributed by atoms with E-state index < -0.39 is 0 Å². The SMILES string of the molecule is CCc1nc2c(Cl)cccc2c(=O)[nH]1. The first-order valence-electron chi connectivity index (χ1n) is 4.39. The summed E-state index contributed by atoms with van der Waals surface area (Å²) in [5.41, 5.74) is 0.448. The maximum Gasteiger partial charge on any atom is 0.258 e. The number of aryl methyl sites for hydroxylation is 1. The minimum Gasteiger partial charge on any atom is -0.310 e. The summed E-state index contributed by atoms with van der Waals surface area (Å²) in [5, 5.41) is 1.05. The van der Waals surface area contributed by atoms with Crippen LogP contribution in [-0.2, 0) is 6.42 Å². The number of nitrogens with one attached hydrogen (secondary N) is 1. The summed E-state index contributed by atoms with van der Waals surface area (Å²) in [6, 6.07) is 5.19. The van der Waals surface area contributed by atoms with Crippen LogP contribution in [0.1, 0.15) is 12.7 Å². The van der Waals surface area contributed by atoms with Crippen LogP contribution < -0.4 is 5.56 Å². The normalized spacial score (nSPS) is 10.7. The van der Waals surface area contributed by atoms with E-state index in [0.29, 0.717) is 28.2 Å². The molecule has 0 bridgehead atoms. The lowest BCUT2D eigenvalue weighted by atomic mass is 10.2. The Bertz CT molecular complexity index is 533. The Morgan fingerprint density at radius 2 is 2.29 bits per heavy atom. The van der Waals surface area contributed by atoms with Gasteiger partial charge in [0.25, 0.3) is 5.56 Å². The molecule has 0 saturated heterocycles. The standard InChI is InChI=1S/C10H9ClN2O/c1-2-8-12-9-6(10(14)13-8)4-3-5-7(9)11/h3-5H,2H2,1H3,(H,12,13,14). The van der Waals surface area contributed by atoms with Crippen LogP contribution in [0.25, 0.3) is 10.9 Å².